The molecule has 1 saturated heterocycles. The van der Waals surface area contributed by atoms with Gasteiger partial charge in [-0.3, -0.25) is 4.79 Å². The summed E-state index contributed by atoms with van der Waals surface area (Å²) in [5.41, 5.74) is 5.81. The Hall–Kier alpha value is -1.85. The summed E-state index contributed by atoms with van der Waals surface area (Å²) in [7, 11) is 0. The number of ether oxygens (including phenoxy) is 1. The van der Waals surface area contributed by atoms with Gasteiger partial charge < -0.3 is 15.8 Å². The molecule has 0 aromatic carbocycles. The van der Waals surface area contributed by atoms with Crippen LogP contribution in [0.1, 0.15) is 18.4 Å². The molecule has 1 aliphatic heterocycles. The monoisotopic (exact) mass is 293 g/mol. The van der Waals surface area contributed by atoms with E-state index in [4.69, 9.17) is 15.7 Å². The van der Waals surface area contributed by atoms with Gasteiger partial charge in [0.1, 0.15) is 17.5 Å². The fraction of sp³-hybridized carbons (Fsp3) is 0.500. The lowest BCUT2D eigenvalue weighted by Crippen LogP contribution is -2.32. The fourth-order valence-electron chi connectivity index (χ4n) is 1.75. The highest BCUT2D eigenvalue weighted by molar-refractivity contribution is 7.99. The second-order valence-corrected chi connectivity index (χ2v) is 5.23. The number of nitrogen functional groups attached to an aromatic ring is 1. The lowest BCUT2D eigenvalue weighted by Gasteiger charge is -2.10. The molecule has 0 radical (unpaired) electrons. The number of nitrogens with two attached hydrogens (primary N) is 1. The van der Waals surface area contributed by atoms with E-state index in [1.165, 1.54) is 18.0 Å². The van der Waals surface area contributed by atoms with Crippen LogP contribution in [0.15, 0.2) is 11.4 Å². The molecule has 0 aliphatic carbocycles. The third-order valence-corrected chi connectivity index (χ3v) is 3.66. The maximum atomic E-state index is 11.7. The zero-order chi connectivity index (χ0) is 14.4. The Morgan fingerprint density at radius 1 is 1.70 bits per heavy atom. The molecule has 20 heavy (non-hydrogen) atoms. The van der Waals surface area contributed by atoms with Crippen molar-refractivity contribution in [2.45, 2.75) is 24.1 Å². The number of nitriles is 1. The van der Waals surface area contributed by atoms with Crippen LogP contribution in [0.2, 0.25) is 0 Å². The van der Waals surface area contributed by atoms with Crippen molar-refractivity contribution in [2.75, 3.05) is 24.6 Å². The van der Waals surface area contributed by atoms with Crippen LogP contribution < -0.4 is 11.1 Å². The van der Waals surface area contributed by atoms with Crippen LogP contribution in [0.4, 0.5) is 5.82 Å². The quantitative estimate of drug-likeness (QED) is 0.593. The van der Waals surface area contributed by atoms with E-state index in [0.29, 0.717) is 11.7 Å². The first-order valence-corrected chi connectivity index (χ1v) is 7.21. The summed E-state index contributed by atoms with van der Waals surface area (Å²) in [5, 5.41) is 11.9. The summed E-state index contributed by atoms with van der Waals surface area (Å²) in [6, 6.07) is 1.89. The van der Waals surface area contributed by atoms with Crippen molar-refractivity contribution >= 4 is 23.5 Å². The van der Waals surface area contributed by atoms with Gasteiger partial charge in [0.15, 0.2) is 5.16 Å². The Bertz CT molecular complexity index is 525. The highest BCUT2D eigenvalue weighted by Gasteiger charge is 2.16. The summed E-state index contributed by atoms with van der Waals surface area (Å²) in [6.45, 7) is 1.31. The Labute approximate surface area is 120 Å². The smallest absolute Gasteiger partial charge is 0.230 e. The highest BCUT2D eigenvalue weighted by Crippen LogP contribution is 2.15. The predicted octanol–water partition coefficient (Wildman–Crippen LogP) is 0.318. The largest absolute Gasteiger partial charge is 0.382 e. The Morgan fingerprint density at radius 2 is 2.55 bits per heavy atom. The van der Waals surface area contributed by atoms with Crippen molar-refractivity contribution in [1.82, 2.24) is 15.3 Å². The number of amides is 1. The number of nitrogens with zero attached hydrogens (tertiary/aromatic N) is 3. The molecule has 106 valence electrons. The SMILES string of the molecule is N#Cc1cnc(SCC(=O)NC[C@H]2CCCO2)nc1N. The van der Waals surface area contributed by atoms with Gasteiger partial charge in [0.2, 0.25) is 5.91 Å². The van der Waals surface area contributed by atoms with Gasteiger partial charge in [0, 0.05) is 13.2 Å². The first kappa shape index (κ1) is 14.6. The lowest BCUT2D eigenvalue weighted by atomic mass is 10.2. The van der Waals surface area contributed by atoms with Crippen molar-refractivity contribution < 1.29 is 9.53 Å². The van der Waals surface area contributed by atoms with Crippen molar-refractivity contribution in [1.29, 1.82) is 5.26 Å². The maximum absolute atomic E-state index is 11.7. The minimum atomic E-state index is -0.1000. The summed E-state index contributed by atoms with van der Waals surface area (Å²) in [6.07, 6.45) is 3.52. The molecule has 8 heteroatoms. The van der Waals surface area contributed by atoms with Crippen molar-refractivity contribution in [3.8, 4) is 6.07 Å². The molecule has 7 nitrogen and oxygen atoms in total. The number of hydrogen-bond donors (Lipinski definition) is 2. The number of rotatable bonds is 5. The van der Waals surface area contributed by atoms with Gasteiger partial charge in [0.05, 0.1) is 18.1 Å². The molecule has 1 amide bonds. The third kappa shape index (κ3) is 4.08. The van der Waals surface area contributed by atoms with E-state index in [9.17, 15) is 4.79 Å². The van der Waals surface area contributed by atoms with Crippen LogP contribution in [0.3, 0.4) is 0 Å². The molecule has 0 saturated carbocycles. The number of nitrogens with one attached hydrogen (secondary N) is 1. The second-order valence-electron chi connectivity index (χ2n) is 4.29. The second kappa shape index (κ2) is 7.07. The number of aromatic nitrogens is 2. The first-order chi connectivity index (χ1) is 9.69. The van der Waals surface area contributed by atoms with E-state index >= 15 is 0 Å². The van der Waals surface area contributed by atoms with Crippen LogP contribution in [-0.2, 0) is 9.53 Å². The summed E-state index contributed by atoms with van der Waals surface area (Å²) < 4.78 is 5.41. The predicted molar refractivity (Wildman–Crippen MR) is 73.9 cm³/mol. The summed E-state index contributed by atoms with van der Waals surface area (Å²) in [5.74, 6) is 0.236. The van der Waals surface area contributed by atoms with Gasteiger partial charge >= 0.3 is 0 Å². The van der Waals surface area contributed by atoms with Crippen molar-refractivity contribution in [3.05, 3.63) is 11.8 Å². The molecule has 2 rings (SSSR count). The molecule has 0 unspecified atom stereocenters. The molecule has 2 heterocycles. The number of thioether (sulfide) groups is 1. The van der Waals surface area contributed by atoms with E-state index in [1.807, 2.05) is 6.07 Å². The van der Waals surface area contributed by atoms with Crippen LogP contribution >= 0.6 is 11.8 Å². The standard InChI is InChI=1S/C12H15N5O2S/c13-4-8-5-16-12(17-11(8)14)20-7-10(18)15-6-9-2-1-3-19-9/h5,9H,1-3,6-7H2,(H,15,18)(H2,14,16,17)/t9-/m1/s1. The van der Waals surface area contributed by atoms with Crippen molar-refractivity contribution in [3.63, 3.8) is 0 Å². The third-order valence-electron chi connectivity index (χ3n) is 2.80. The molecule has 3 N–H and O–H groups in total. The average Bonchev–Trinajstić information content (AvgIpc) is 2.96. The normalized spacial score (nSPS) is 17.6. The summed E-state index contributed by atoms with van der Waals surface area (Å²) >= 11 is 1.18. The van der Waals surface area contributed by atoms with Crippen molar-refractivity contribution in [2.24, 2.45) is 0 Å². The van der Waals surface area contributed by atoms with E-state index in [-0.39, 0.29) is 29.1 Å². The lowest BCUT2D eigenvalue weighted by molar-refractivity contribution is -0.119. The van der Waals surface area contributed by atoms with Gasteiger partial charge in [-0.15, -0.1) is 0 Å². The van der Waals surface area contributed by atoms with Crippen LogP contribution in [0, 0.1) is 11.3 Å². The zero-order valence-electron chi connectivity index (χ0n) is 10.8. The first-order valence-electron chi connectivity index (χ1n) is 6.22. The van der Waals surface area contributed by atoms with E-state index in [1.54, 1.807) is 0 Å². The average molecular weight is 293 g/mol. The molecule has 1 fully saturated rings. The van der Waals surface area contributed by atoms with Crippen LogP contribution in [0.5, 0.6) is 0 Å². The Kier molecular flexibility index (Phi) is 5.15. The van der Waals surface area contributed by atoms with Gasteiger partial charge in [-0.05, 0) is 12.8 Å². The van der Waals surface area contributed by atoms with Gasteiger partial charge in [-0.1, -0.05) is 11.8 Å². The molecule has 0 spiro atoms. The number of carbonyl (C=O) groups excluding carboxylic acids is 1. The highest BCUT2D eigenvalue weighted by atomic mass is 32.2. The van der Waals surface area contributed by atoms with Gasteiger partial charge in [-0.25, -0.2) is 9.97 Å². The number of hydrogen-bond acceptors (Lipinski definition) is 7. The summed E-state index contributed by atoms with van der Waals surface area (Å²) in [4.78, 5) is 19.6. The Balaban J connectivity index is 1.75. The maximum Gasteiger partial charge on any atom is 0.230 e. The Morgan fingerprint density at radius 3 is 3.20 bits per heavy atom. The van der Waals surface area contributed by atoms with Crippen LogP contribution in [0.25, 0.3) is 0 Å². The molecule has 1 aromatic heterocycles. The number of carbonyl (C=O) groups is 1. The topological polar surface area (TPSA) is 114 Å². The van der Waals surface area contributed by atoms with Gasteiger partial charge in [-0.2, -0.15) is 5.26 Å². The molecule has 1 aromatic rings. The van der Waals surface area contributed by atoms with Crippen LogP contribution in [-0.4, -0.2) is 40.9 Å². The minimum Gasteiger partial charge on any atom is -0.382 e. The van der Waals surface area contributed by atoms with Gasteiger partial charge in [0.25, 0.3) is 0 Å². The molecular weight excluding hydrogens is 278 g/mol. The molecule has 1 atom stereocenters. The van der Waals surface area contributed by atoms with E-state index < -0.39 is 0 Å². The molecule has 1 aliphatic rings. The molecular formula is C12H15N5O2S. The van der Waals surface area contributed by atoms with E-state index in [0.717, 1.165) is 19.4 Å². The zero-order valence-corrected chi connectivity index (χ0v) is 11.7. The molecule has 0 bridgehead atoms. The minimum absolute atomic E-state index is 0.1000. The number of anilines is 1. The fourth-order valence-corrected chi connectivity index (χ4v) is 2.40. The van der Waals surface area contributed by atoms with E-state index in [2.05, 4.69) is 15.3 Å².